The number of carbonyl (C=O) groups is 3. The molecular weight excluding hydrogens is 540 g/mol. The van der Waals surface area contributed by atoms with Crippen molar-refractivity contribution in [1.82, 2.24) is 39.9 Å². The molecule has 1 fully saturated rings. The number of amides is 3. The molecule has 0 spiro atoms. The van der Waals surface area contributed by atoms with E-state index in [9.17, 15) is 14.4 Å². The maximum atomic E-state index is 13.7. The van der Waals surface area contributed by atoms with E-state index in [1.54, 1.807) is 45.7 Å². The van der Waals surface area contributed by atoms with Crippen molar-refractivity contribution in [2.45, 2.75) is 19.1 Å². The van der Waals surface area contributed by atoms with Gasteiger partial charge in [0.05, 0.1) is 30.4 Å². The molecule has 1 N–H and O–H groups in total. The molecule has 2 bridgehead atoms. The van der Waals surface area contributed by atoms with Crippen molar-refractivity contribution in [2.75, 3.05) is 40.3 Å². The fraction of sp³-hybridized carbons (Fsp3) is 0.379. The van der Waals surface area contributed by atoms with E-state index in [1.807, 2.05) is 31.3 Å². The molecule has 13 heteroatoms. The first-order chi connectivity index (χ1) is 20.3. The summed E-state index contributed by atoms with van der Waals surface area (Å²) >= 11 is 0. The molecule has 42 heavy (non-hydrogen) atoms. The first-order valence-corrected chi connectivity index (χ1v) is 13.8. The number of carbonyl (C=O) groups excluding carboxylic acids is 3. The number of nitrogens with zero attached hydrogens (tertiary/aromatic N) is 7. The molecule has 4 aromatic rings. The van der Waals surface area contributed by atoms with Crippen molar-refractivity contribution < 1.29 is 23.9 Å². The molecule has 3 amide bonds. The minimum atomic E-state index is -0.282. The Morgan fingerprint density at radius 3 is 2.76 bits per heavy atom. The van der Waals surface area contributed by atoms with E-state index in [2.05, 4.69) is 20.7 Å². The SMILES string of the molecule is COc1cccc2c1OCc1cn(nn1)[C@@H]1CN(C(=O)c3nn(C)c4ccccc34)C[C@@H]1CC(=O)NCCN(C)C2=O. The lowest BCUT2D eigenvalue weighted by Gasteiger charge is -2.21. The van der Waals surface area contributed by atoms with E-state index in [1.165, 1.54) is 12.0 Å². The van der Waals surface area contributed by atoms with Crippen LogP contribution in [0.3, 0.4) is 0 Å². The number of para-hydroxylation sites is 2. The van der Waals surface area contributed by atoms with E-state index in [4.69, 9.17) is 9.47 Å². The highest BCUT2D eigenvalue weighted by Gasteiger charge is 2.39. The van der Waals surface area contributed by atoms with E-state index in [-0.39, 0.29) is 49.3 Å². The molecule has 0 radical (unpaired) electrons. The second-order valence-electron chi connectivity index (χ2n) is 10.6. The van der Waals surface area contributed by atoms with Gasteiger partial charge < -0.3 is 24.6 Å². The number of fused-ring (bicyclic) bond motifs is 6. The fourth-order valence-corrected chi connectivity index (χ4v) is 5.70. The summed E-state index contributed by atoms with van der Waals surface area (Å²) < 4.78 is 15.0. The largest absolute Gasteiger partial charge is 0.493 e. The van der Waals surface area contributed by atoms with Crippen LogP contribution in [0.15, 0.2) is 48.7 Å². The van der Waals surface area contributed by atoms with Gasteiger partial charge >= 0.3 is 0 Å². The Balaban J connectivity index is 1.30. The van der Waals surface area contributed by atoms with Gasteiger partial charge in [-0.25, -0.2) is 4.68 Å². The minimum absolute atomic E-state index is 0.0464. The van der Waals surface area contributed by atoms with Gasteiger partial charge in [-0.15, -0.1) is 5.10 Å². The van der Waals surface area contributed by atoms with Crippen LogP contribution in [0.25, 0.3) is 10.9 Å². The van der Waals surface area contributed by atoms with Crippen LogP contribution < -0.4 is 14.8 Å². The van der Waals surface area contributed by atoms with E-state index in [0.29, 0.717) is 48.1 Å². The highest BCUT2D eigenvalue weighted by atomic mass is 16.5. The van der Waals surface area contributed by atoms with Crippen LogP contribution in [-0.4, -0.2) is 92.6 Å². The second-order valence-corrected chi connectivity index (χ2v) is 10.6. The molecule has 13 nitrogen and oxygen atoms in total. The average molecular weight is 573 g/mol. The molecule has 218 valence electrons. The monoisotopic (exact) mass is 572 g/mol. The Kier molecular flexibility index (Phi) is 7.23. The van der Waals surface area contributed by atoms with E-state index >= 15 is 0 Å². The lowest BCUT2D eigenvalue weighted by Crippen LogP contribution is -2.37. The van der Waals surface area contributed by atoms with Crippen molar-refractivity contribution in [2.24, 2.45) is 13.0 Å². The Morgan fingerprint density at radius 1 is 1.10 bits per heavy atom. The third-order valence-corrected chi connectivity index (χ3v) is 7.91. The molecule has 2 aliphatic heterocycles. The molecule has 0 unspecified atom stereocenters. The highest BCUT2D eigenvalue weighted by molar-refractivity contribution is 6.05. The number of ether oxygens (including phenoxy) is 2. The van der Waals surface area contributed by atoms with Crippen molar-refractivity contribution in [3.05, 3.63) is 65.6 Å². The number of rotatable bonds is 2. The summed E-state index contributed by atoms with van der Waals surface area (Å²) in [7, 11) is 5.00. The molecule has 1 saturated heterocycles. The van der Waals surface area contributed by atoms with Gasteiger partial charge in [-0.2, -0.15) is 5.10 Å². The lowest BCUT2D eigenvalue weighted by molar-refractivity contribution is -0.122. The molecular formula is C29H32N8O5. The molecule has 0 saturated carbocycles. The minimum Gasteiger partial charge on any atom is -0.493 e. The molecule has 4 heterocycles. The second kappa shape index (κ2) is 11.1. The molecule has 2 atom stereocenters. The Morgan fingerprint density at radius 2 is 1.93 bits per heavy atom. The van der Waals surface area contributed by atoms with Crippen molar-refractivity contribution in [3.8, 4) is 11.5 Å². The first-order valence-electron chi connectivity index (χ1n) is 13.8. The van der Waals surface area contributed by atoms with Gasteiger partial charge in [-0.05, 0) is 18.2 Å². The third-order valence-electron chi connectivity index (χ3n) is 7.91. The van der Waals surface area contributed by atoms with Crippen molar-refractivity contribution in [1.29, 1.82) is 0 Å². The molecule has 2 aromatic carbocycles. The zero-order chi connectivity index (χ0) is 29.4. The van der Waals surface area contributed by atoms with Gasteiger partial charge in [-0.3, -0.25) is 19.1 Å². The lowest BCUT2D eigenvalue weighted by atomic mass is 9.99. The maximum absolute atomic E-state index is 13.7. The topological polar surface area (TPSA) is 137 Å². The fourth-order valence-electron chi connectivity index (χ4n) is 5.70. The normalized spacial score (nSPS) is 19.7. The predicted octanol–water partition coefficient (Wildman–Crippen LogP) is 1.66. The van der Waals surface area contributed by atoms with Gasteiger partial charge in [0.15, 0.2) is 17.2 Å². The summed E-state index contributed by atoms with van der Waals surface area (Å²) in [5.74, 6) is -0.114. The number of aromatic nitrogens is 5. The summed E-state index contributed by atoms with van der Waals surface area (Å²) in [5, 5.41) is 16.9. The van der Waals surface area contributed by atoms with Gasteiger partial charge in [0.1, 0.15) is 12.3 Å². The van der Waals surface area contributed by atoms with Gasteiger partial charge in [0.2, 0.25) is 5.91 Å². The van der Waals surface area contributed by atoms with Gasteiger partial charge in [0, 0.05) is 58.0 Å². The number of aryl methyl sites for hydroxylation is 1. The molecule has 0 aliphatic carbocycles. The zero-order valence-electron chi connectivity index (χ0n) is 23.7. The maximum Gasteiger partial charge on any atom is 0.275 e. The Labute approximate surface area is 242 Å². The zero-order valence-corrected chi connectivity index (χ0v) is 23.7. The number of methoxy groups -OCH3 is 1. The number of hydrogen-bond donors (Lipinski definition) is 1. The number of nitrogens with one attached hydrogen (secondary N) is 1. The molecule has 2 aliphatic rings. The molecule has 2 aromatic heterocycles. The Bertz CT molecular complexity index is 1660. The van der Waals surface area contributed by atoms with Crippen LogP contribution in [0.2, 0.25) is 0 Å². The summed E-state index contributed by atoms with van der Waals surface area (Å²) in [4.78, 5) is 43.3. The molecule has 6 rings (SSSR count). The van der Waals surface area contributed by atoms with Gasteiger partial charge in [0.25, 0.3) is 11.8 Å². The number of benzene rings is 2. The number of likely N-dealkylation sites (N-methyl/N-ethyl adjacent to an activating group) is 1. The summed E-state index contributed by atoms with van der Waals surface area (Å²) in [6.45, 7) is 1.32. The first kappa shape index (κ1) is 27.2. The van der Waals surface area contributed by atoms with Crippen LogP contribution in [-0.2, 0) is 18.4 Å². The van der Waals surface area contributed by atoms with Crippen molar-refractivity contribution >= 4 is 28.6 Å². The quantitative estimate of drug-likeness (QED) is 0.383. The predicted molar refractivity (Wildman–Crippen MR) is 151 cm³/mol. The van der Waals surface area contributed by atoms with E-state index < -0.39 is 0 Å². The van der Waals surface area contributed by atoms with Crippen LogP contribution >= 0.6 is 0 Å². The smallest absolute Gasteiger partial charge is 0.275 e. The van der Waals surface area contributed by atoms with Crippen molar-refractivity contribution in [3.63, 3.8) is 0 Å². The third kappa shape index (κ3) is 5.01. The van der Waals surface area contributed by atoms with Gasteiger partial charge in [-0.1, -0.05) is 29.5 Å². The van der Waals surface area contributed by atoms with Crippen LogP contribution in [0.4, 0.5) is 0 Å². The number of hydrogen-bond acceptors (Lipinski definition) is 8. The van der Waals surface area contributed by atoms with E-state index in [0.717, 1.165) is 10.9 Å². The van der Waals surface area contributed by atoms with Crippen LogP contribution in [0.5, 0.6) is 11.5 Å². The number of likely N-dealkylation sites (tertiary alicyclic amines) is 1. The summed E-state index contributed by atoms with van der Waals surface area (Å²) in [5.41, 5.74) is 2.12. The van der Waals surface area contributed by atoms with Crippen LogP contribution in [0.1, 0.15) is 39.0 Å². The highest BCUT2D eigenvalue weighted by Crippen LogP contribution is 2.34. The summed E-state index contributed by atoms with van der Waals surface area (Å²) in [6, 6.07) is 12.5. The Hall–Kier alpha value is -4.94. The standard InChI is InChI=1S/C29H32N8O5/c1-34-12-11-30-25(38)13-18-14-36(29(40)26-20-7-4-5-9-22(20)35(2)32-26)16-23(18)37-15-19(31-33-37)17-42-27-21(28(34)39)8-6-10-24(27)41-3/h4-10,15,18,23H,11-14,16-17H2,1-3H3,(H,30,38)/t18-,23+/m0/s1. The van der Waals surface area contributed by atoms with Crippen LogP contribution in [0, 0.1) is 5.92 Å². The summed E-state index contributed by atoms with van der Waals surface area (Å²) in [6.07, 6.45) is 1.94. The average Bonchev–Trinajstić information content (AvgIpc) is 3.72.